The molecule has 0 saturated carbocycles. The number of ether oxygens (including phenoxy) is 2. The standard InChI is InChI=1S/C18H22N2O4/c1-3-4-13-11-20(7-8-24-13)18(22)15-10-19-16-9-12(23-2)5-6-14(16)17(15)21/h5-6,9-10,13H,3-4,7-8,11H2,1-2H3,(H,19,21). The predicted molar refractivity (Wildman–Crippen MR) is 91.7 cm³/mol. The first kappa shape index (κ1) is 16.5. The molecule has 24 heavy (non-hydrogen) atoms. The molecule has 0 radical (unpaired) electrons. The number of H-pyrrole nitrogens is 1. The second kappa shape index (κ2) is 7.05. The molecule has 1 aliphatic heterocycles. The molecule has 1 fully saturated rings. The van der Waals surface area contributed by atoms with Crippen LogP contribution in [0.2, 0.25) is 0 Å². The lowest BCUT2D eigenvalue weighted by atomic mass is 10.1. The van der Waals surface area contributed by atoms with Crippen molar-refractivity contribution >= 4 is 16.8 Å². The Labute approximate surface area is 140 Å². The maximum absolute atomic E-state index is 12.8. The lowest BCUT2D eigenvalue weighted by Gasteiger charge is -2.32. The molecule has 2 aromatic rings. The smallest absolute Gasteiger partial charge is 0.259 e. The zero-order chi connectivity index (χ0) is 17.1. The van der Waals surface area contributed by atoms with E-state index in [2.05, 4.69) is 11.9 Å². The van der Waals surface area contributed by atoms with Gasteiger partial charge in [-0.25, -0.2) is 0 Å². The highest BCUT2D eigenvalue weighted by atomic mass is 16.5. The summed E-state index contributed by atoms with van der Waals surface area (Å²) >= 11 is 0. The van der Waals surface area contributed by atoms with Gasteiger partial charge in [-0.3, -0.25) is 9.59 Å². The molecule has 1 aromatic heterocycles. The number of rotatable bonds is 4. The third-order valence-corrected chi connectivity index (χ3v) is 4.36. The summed E-state index contributed by atoms with van der Waals surface area (Å²) in [6.45, 7) is 3.65. The third-order valence-electron chi connectivity index (χ3n) is 4.36. The molecule has 6 nitrogen and oxygen atoms in total. The Morgan fingerprint density at radius 1 is 1.46 bits per heavy atom. The molecule has 3 rings (SSSR count). The van der Waals surface area contributed by atoms with Crippen molar-refractivity contribution in [3.63, 3.8) is 0 Å². The average molecular weight is 330 g/mol. The summed E-state index contributed by atoms with van der Waals surface area (Å²) < 4.78 is 10.8. The lowest BCUT2D eigenvalue weighted by Crippen LogP contribution is -2.46. The van der Waals surface area contributed by atoms with Crippen LogP contribution in [0, 0.1) is 0 Å². The summed E-state index contributed by atoms with van der Waals surface area (Å²) in [6, 6.07) is 5.15. The average Bonchev–Trinajstić information content (AvgIpc) is 2.61. The van der Waals surface area contributed by atoms with Crippen LogP contribution in [0.4, 0.5) is 0 Å². The highest BCUT2D eigenvalue weighted by Gasteiger charge is 2.26. The minimum Gasteiger partial charge on any atom is -0.497 e. The van der Waals surface area contributed by atoms with E-state index in [4.69, 9.17) is 9.47 Å². The van der Waals surface area contributed by atoms with E-state index in [1.807, 2.05) is 0 Å². The van der Waals surface area contributed by atoms with Crippen LogP contribution >= 0.6 is 0 Å². The highest BCUT2D eigenvalue weighted by molar-refractivity contribution is 5.97. The van der Waals surface area contributed by atoms with E-state index in [9.17, 15) is 9.59 Å². The van der Waals surface area contributed by atoms with Gasteiger partial charge < -0.3 is 19.4 Å². The molecule has 128 valence electrons. The summed E-state index contributed by atoms with van der Waals surface area (Å²) in [5.41, 5.74) is 0.571. The van der Waals surface area contributed by atoms with Crippen LogP contribution in [0.1, 0.15) is 30.1 Å². The molecular formula is C18H22N2O4. The van der Waals surface area contributed by atoms with Crippen LogP contribution in [0.3, 0.4) is 0 Å². The number of nitrogens with zero attached hydrogens (tertiary/aromatic N) is 1. The topological polar surface area (TPSA) is 71.6 Å². The largest absolute Gasteiger partial charge is 0.497 e. The molecule has 1 N–H and O–H groups in total. The maximum Gasteiger partial charge on any atom is 0.259 e. The quantitative estimate of drug-likeness (QED) is 0.933. The van der Waals surface area contributed by atoms with Crippen LogP contribution in [-0.4, -0.2) is 48.7 Å². The van der Waals surface area contributed by atoms with Gasteiger partial charge >= 0.3 is 0 Å². The number of fused-ring (bicyclic) bond motifs is 1. The number of amides is 1. The van der Waals surface area contributed by atoms with Crippen molar-refractivity contribution in [1.82, 2.24) is 9.88 Å². The molecule has 0 aliphatic carbocycles. The van der Waals surface area contributed by atoms with Gasteiger partial charge in [0.2, 0.25) is 5.43 Å². The van der Waals surface area contributed by atoms with Crippen LogP contribution in [0.15, 0.2) is 29.2 Å². The minimum atomic E-state index is -0.255. The Bertz CT molecular complexity index is 797. The second-order valence-corrected chi connectivity index (χ2v) is 5.98. The molecule has 1 aliphatic rings. The van der Waals surface area contributed by atoms with Crippen LogP contribution in [0.5, 0.6) is 5.75 Å². The number of hydrogen-bond acceptors (Lipinski definition) is 4. The van der Waals surface area contributed by atoms with Crippen molar-refractivity contribution < 1.29 is 14.3 Å². The molecule has 2 heterocycles. The number of aromatic nitrogens is 1. The fourth-order valence-corrected chi connectivity index (χ4v) is 3.06. The Morgan fingerprint density at radius 2 is 2.29 bits per heavy atom. The van der Waals surface area contributed by atoms with Crippen molar-refractivity contribution in [2.24, 2.45) is 0 Å². The number of aromatic amines is 1. The molecule has 1 aromatic carbocycles. The fraction of sp³-hybridized carbons (Fsp3) is 0.444. The van der Waals surface area contributed by atoms with E-state index in [0.717, 1.165) is 12.8 Å². The number of methoxy groups -OCH3 is 1. The van der Waals surface area contributed by atoms with Crippen LogP contribution in [-0.2, 0) is 4.74 Å². The van der Waals surface area contributed by atoms with E-state index in [0.29, 0.717) is 36.3 Å². The number of morpholine rings is 1. The fourth-order valence-electron chi connectivity index (χ4n) is 3.06. The zero-order valence-electron chi connectivity index (χ0n) is 14.0. The number of nitrogens with one attached hydrogen (secondary N) is 1. The van der Waals surface area contributed by atoms with Gasteiger partial charge in [-0.1, -0.05) is 13.3 Å². The number of hydrogen-bond donors (Lipinski definition) is 1. The van der Waals surface area contributed by atoms with Crippen molar-refractivity contribution in [3.8, 4) is 5.75 Å². The Balaban J connectivity index is 1.90. The molecule has 1 amide bonds. The maximum atomic E-state index is 12.8. The molecule has 6 heteroatoms. The lowest BCUT2D eigenvalue weighted by molar-refractivity contribution is -0.0250. The van der Waals surface area contributed by atoms with Gasteiger partial charge in [0.1, 0.15) is 11.3 Å². The summed E-state index contributed by atoms with van der Waals surface area (Å²) in [7, 11) is 1.57. The summed E-state index contributed by atoms with van der Waals surface area (Å²) in [6.07, 6.45) is 3.47. The van der Waals surface area contributed by atoms with Crippen molar-refractivity contribution in [2.75, 3.05) is 26.8 Å². The Hall–Kier alpha value is -2.34. The number of pyridine rings is 1. The van der Waals surface area contributed by atoms with Crippen molar-refractivity contribution in [3.05, 3.63) is 40.2 Å². The first-order valence-electron chi connectivity index (χ1n) is 8.24. The normalized spacial score (nSPS) is 17.9. The number of benzene rings is 1. The van der Waals surface area contributed by atoms with E-state index < -0.39 is 0 Å². The molecule has 0 spiro atoms. The van der Waals surface area contributed by atoms with Gasteiger partial charge in [0.15, 0.2) is 0 Å². The minimum absolute atomic E-state index is 0.0523. The van der Waals surface area contributed by atoms with Crippen molar-refractivity contribution in [2.45, 2.75) is 25.9 Å². The summed E-state index contributed by atoms with van der Waals surface area (Å²) in [5.74, 6) is 0.422. The van der Waals surface area contributed by atoms with E-state index >= 15 is 0 Å². The van der Waals surface area contributed by atoms with Crippen LogP contribution in [0.25, 0.3) is 10.9 Å². The zero-order valence-corrected chi connectivity index (χ0v) is 14.0. The van der Waals surface area contributed by atoms with E-state index in [-0.39, 0.29) is 23.0 Å². The van der Waals surface area contributed by atoms with Gasteiger partial charge in [0.05, 0.1) is 25.3 Å². The Morgan fingerprint density at radius 3 is 3.04 bits per heavy atom. The van der Waals surface area contributed by atoms with Crippen molar-refractivity contribution in [1.29, 1.82) is 0 Å². The molecule has 0 bridgehead atoms. The van der Waals surface area contributed by atoms with Gasteiger partial charge in [0, 0.05) is 30.7 Å². The van der Waals surface area contributed by atoms with Gasteiger partial charge in [0.25, 0.3) is 5.91 Å². The SMILES string of the molecule is CCCC1CN(C(=O)c2c[nH]c3cc(OC)ccc3c2=O)CCO1. The molecule has 1 atom stereocenters. The van der Waals surface area contributed by atoms with Gasteiger partial charge in [-0.05, 0) is 18.6 Å². The molecule has 1 unspecified atom stereocenters. The van der Waals surface area contributed by atoms with Gasteiger partial charge in [-0.2, -0.15) is 0 Å². The highest BCUT2D eigenvalue weighted by Crippen LogP contribution is 2.18. The second-order valence-electron chi connectivity index (χ2n) is 5.98. The monoisotopic (exact) mass is 330 g/mol. The predicted octanol–water partition coefficient (Wildman–Crippen LogP) is 2.18. The molecular weight excluding hydrogens is 308 g/mol. The van der Waals surface area contributed by atoms with E-state index in [1.54, 1.807) is 30.2 Å². The Kier molecular flexibility index (Phi) is 4.85. The first-order chi connectivity index (χ1) is 11.6. The first-order valence-corrected chi connectivity index (χ1v) is 8.24. The molecule has 1 saturated heterocycles. The summed E-state index contributed by atoms with van der Waals surface area (Å²) in [4.78, 5) is 30.2. The third kappa shape index (κ3) is 3.14. The van der Waals surface area contributed by atoms with Gasteiger partial charge in [-0.15, -0.1) is 0 Å². The number of carbonyl (C=O) groups is 1. The van der Waals surface area contributed by atoms with E-state index in [1.165, 1.54) is 6.20 Å². The summed E-state index contributed by atoms with van der Waals surface area (Å²) in [5, 5.41) is 0.486. The number of carbonyl (C=O) groups excluding carboxylic acids is 1. The van der Waals surface area contributed by atoms with Crippen LogP contribution < -0.4 is 10.2 Å².